The molecule has 1 aliphatic rings. The zero-order valence-corrected chi connectivity index (χ0v) is 11.3. The zero-order chi connectivity index (χ0) is 14.0. The molecule has 4 heteroatoms. The minimum atomic E-state index is -0.730. The molecule has 20 heavy (non-hydrogen) atoms. The van der Waals surface area contributed by atoms with Crippen molar-refractivity contribution in [2.75, 3.05) is 6.54 Å². The summed E-state index contributed by atoms with van der Waals surface area (Å²) < 4.78 is 0. The molecular weight excluding hydrogens is 252 g/mol. The molecule has 0 saturated heterocycles. The van der Waals surface area contributed by atoms with Gasteiger partial charge in [0.1, 0.15) is 5.69 Å². The number of amides is 1. The van der Waals surface area contributed by atoms with Gasteiger partial charge in [0, 0.05) is 11.9 Å². The Kier molecular flexibility index (Phi) is 3.40. The number of aliphatic hydroxyl groups is 1. The van der Waals surface area contributed by atoms with Crippen LogP contribution in [0.3, 0.4) is 0 Å². The average molecular weight is 270 g/mol. The Balaban J connectivity index is 1.72. The van der Waals surface area contributed by atoms with Crippen molar-refractivity contribution in [3.05, 3.63) is 42.1 Å². The van der Waals surface area contributed by atoms with Crippen LogP contribution in [0.15, 0.2) is 36.4 Å². The number of nitrogens with one attached hydrogen (secondary N) is 1. The fourth-order valence-electron chi connectivity index (χ4n) is 2.74. The summed E-state index contributed by atoms with van der Waals surface area (Å²) in [4.78, 5) is 16.5. The van der Waals surface area contributed by atoms with Crippen LogP contribution in [0.4, 0.5) is 0 Å². The molecule has 2 N–H and O–H groups in total. The highest BCUT2D eigenvalue weighted by Gasteiger charge is 2.31. The predicted octanol–water partition coefficient (Wildman–Crippen LogP) is 2.27. The van der Waals surface area contributed by atoms with Gasteiger partial charge in [0.05, 0.1) is 11.1 Å². The number of rotatable bonds is 3. The van der Waals surface area contributed by atoms with Gasteiger partial charge in [-0.05, 0) is 25.0 Å². The first-order valence-corrected chi connectivity index (χ1v) is 7.03. The maximum absolute atomic E-state index is 12.1. The smallest absolute Gasteiger partial charge is 0.270 e. The Hall–Kier alpha value is -1.94. The van der Waals surface area contributed by atoms with Gasteiger partial charge in [-0.2, -0.15) is 0 Å². The van der Waals surface area contributed by atoms with Crippen molar-refractivity contribution in [3.63, 3.8) is 0 Å². The van der Waals surface area contributed by atoms with Gasteiger partial charge in [0.15, 0.2) is 0 Å². The molecule has 0 atom stereocenters. The SMILES string of the molecule is O=C(NCC1(O)CCCC1)c1ccc2ccccc2n1. The number of pyridine rings is 1. The van der Waals surface area contributed by atoms with Crippen LogP contribution in [0, 0.1) is 0 Å². The summed E-state index contributed by atoms with van der Waals surface area (Å²) in [5.41, 5.74) is 0.469. The van der Waals surface area contributed by atoms with Gasteiger partial charge in [-0.1, -0.05) is 37.1 Å². The molecule has 1 aromatic carbocycles. The van der Waals surface area contributed by atoms with Gasteiger partial charge in [-0.25, -0.2) is 4.98 Å². The summed E-state index contributed by atoms with van der Waals surface area (Å²) in [6.07, 6.45) is 3.58. The molecule has 4 nitrogen and oxygen atoms in total. The minimum absolute atomic E-state index is 0.226. The van der Waals surface area contributed by atoms with Crippen LogP contribution in [0.1, 0.15) is 36.2 Å². The Morgan fingerprint density at radius 1 is 1.20 bits per heavy atom. The van der Waals surface area contributed by atoms with E-state index in [-0.39, 0.29) is 5.91 Å². The lowest BCUT2D eigenvalue weighted by Gasteiger charge is -2.22. The van der Waals surface area contributed by atoms with Crippen molar-refractivity contribution in [2.45, 2.75) is 31.3 Å². The third-order valence-corrected chi connectivity index (χ3v) is 3.94. The topological polar surface area (TPSA) is 62.2 Å². The molecule has 0 bridgehead atoms. The third-order valence-electron chi connectivity index (χ3n) is 3.94. The molecule has 1 heterocycles. The van der Waals surface area contributed by atoms with Crippen molar-refractivity contribution in [1.82, 2.24) is 10.3 Å². The van der Waals surface area contributed by atoms with E-state index in [0.29, 0.717) is 12.2 Å². The van der Waals surface area contributed by atoms with E-state index in [1.54, 1.807) is 6.07 Å². The van der Waals surface area contributed by atoms with E-state index in [9.17, 15) is 9.90 Å². The minimum Gasteiger partial charge on any atom is -0.388 e. The van der Waals surface area contributed by atoms with E-state index < -0.39 is 5.60 Å². The number of hydrogen-bond donors (Lipinski definition) is 2. The van der Waals surface area contributed by atoms with Crippen LogP contribution < -0.4 is 5.32 Å². The summed E-state index contributed by atoms with van der Waals surface area (Å²) in [5, 5.41) is 14.0. The summed E-state index contributed by atoms with van der Waals surface area (Å²) in [5.74, 6) is -0.226. The normalized spacial score (nSPS) is 17.2. The van der Waals surface area contributed by atoms with Crippen molar-refractivity contribution in [3.8, 4) is 0 Å². The Bertz CT molecular complexity index is 633. The van der Waals surface area contributed by atoms with E-state index in [1.165, 1.54) is 0 Å². The zero-order valence-electron chi connectivity index (χ0n) is 11.3. The molecule has 0 aliphatic heterocycles. The highest BCUT2D eigenvalue weighted by molar-refractivity contribution is 5.94. The van der Waals surface area contributed by atoms with Crippen LogP contribution in [-0.2, 0) is 0 Å². The highest BCUT2D eigenvalue weighted by atomic mass is 16.3. The fraction of sp³-hybridized carbons (Fsp3) is 0.375. The number of hydrogen-bond acceptors (Lipinski definition) is 3. The molecule has 1 amide bonds. The van der Waals surface area contributed by atoms with Gasteiger partial charge < -0.3 is 10.4 Å². The number of para-hydroxylation sites is 1. The Labute approximate surface area is 117 Å². The average Bonchev–Trinajstić information content (AvgIpc) is 2.91. The van der Waals surface area contributed by atoms with Crippen molar-refractivity contribution in [1.29, 1.82) is 0 Å². The summed E-state index contributed by atoms with van der Waals surface area (Å²) in [7, 11) is 0. The van der Waals surface area contributed by atoms with Gasteiger partial charge in [0.2, 0.25) is 0 Å². The van der Waals surface area contributed by atoms with Crippen LogP contribution >= 0.6 is 0 Å². The monoisotopic (exact) mass is 270 g/mol. The molecule has 0 unspecified atom stereocenters. The van der Waals surface area contributed by atoms with E-state index in [4.69, 9.17) is 0 Å². The van der Waals surface area contributed by atoms with Crippen molar-refractivity contribution in [2.24, 2.45) is 0 Å². The lowest BCUT2D eigenvalue weighted by molar-refractivity contribution is 0.0448. The lowest BCUT2D eigenvalue weighted by Crippen LogP contribution is -2.41. The van der Waals surface area contributed by atoms with Crippen LogP contribution in [0.5, 0.6) is 0 Å². The third kappa shape index (κ3) is 2.65. The molecule has 3 rings (SSSR count). The van der Waals surface area contributed by atoms with Gasteiger partial charge in [-0.3, -0.25) is 4.79 Å². The molecule has 1 aromatic heterocycles. The number of carbonyl (C=O) groups is 1. The summed E-state index contributed by atoms with van der Waals surface area (Å²) >= 11 is 0. The highest BCUT2D eigenvalue weighted by Crippen LogP contribution is 2.28. The molecule has 0 radical (unpaired) electrons. The molecule has 2 aromatic rings. The first-order valence-electron chi connectivity index (χ1n) is 7.03. The molecule has 0 spiro atoms. The largest absolute Gasteiger partial charge is 0.388 e. The van der Waals surface area contributed by atoms with Crippen molar-refractivity contribution < 1.29 is 9.90 Å². The van der Waals surface area contributed by atoms with Crippen LogP contribution in [0.2, 0.25) is 0 Å². The van der Waals surface area contributed by atoms with E-state index in [0.717, 1.165) is 36.6 Å². The van der Waals surface area contributed by atoms with E-state index >= 15 is 0 Å². The van der Waals surface area contributed by atoms with Crippen LogP contribution in [0.25, 0.3) is 10.9 Å². The number of nitrogens with zero attached hydrogens (tertiary/aromatic N) is 1. The second kappa shape index (κ2) is 5.21. The molecule has 104 valence electrons. The maximum atomic E-state index is 12.1. The van der Waals surface area contributed by atoms with Gasteiger partial charge in [0.25, 0.3) is 5.91 Å². The van der Waals surface area contributed by atoms with Crippen LogP contribution in [-0.4, -0.2) is 28.1 Å². The first kappa shape index (κ1) is 13.1. The number of aromatic nitrogens is 1. The number of benzene rings is 1. The molecular formula is C16H18N2O2. The molecule has 1 fully saturated rings. The standard InChI is InChI=1S/C16H18N2O2/c19-15(17-11-16(20)9-3-4-10-16)14-8-7-12-5-1-2-6-13(12)18-14/h1-2,5-8,20H,3-4,9-11H2,(H,17,19). The Morgan fingerprint density at radius 3 is 2.75 bits per heavy atom. The molecule has 1 aliphatic carbocycles. The Morgan fingerprint density at radius 2 is 1.95 bits per heavy atom. The van der Waals surface area contributed by atoms with E-state index in [2.05, 4.69) is 10.3 Å². The van der Waals surface area contributed by atoms with Gasteiger partial charge >= 0.3 is 0 Å². The van der Waals surface area contributed by atoms with Gasteiger partial charge in [-0.15, -0.1) is 0 Å². The second-order valence-electron chi connectivity index (χ2n) is 5.50. The van der Waals surface area contributed by atoms with Crippen molar-refractivity contribution >= 4 is 16.8 Å². The second-order valence-corrected chi connectivity index (χ2v) is 5.50. The predicted molar refractivity (Wildman–Crippen MR) is 77.5 cm³/mol. The summed E-state index contributed by atoms with van der Waals surface area (Å²) in [6.45, 7) is 0.306. The number of carbonyl (C=O) groups excluding carboxylic acids is 1. The first-order chi connectivity index (χ1) is 9.66. The quantitative estimate of drug-likeness (QED) is 0.899. The lowest BCUT2D eigenvalue weighted by atomic mass is 10.0. The van der Waals surface area contributed by atoms with E-state index in [1.807, 2.05) is 30.3 Å². The number of fused-ring (bicyclic) bond motifs is 1. The fourth-order valence-corrected chi connectivity index (χ4v) is 2.74. The maximum Gasteiger partial charge on any atom is 0.270 e. The summed E-state index contributed by atoms with van der Waals surface area (Å²) in [6, 6.07) is 11.3. The molecule has 1 saturated carbocycles.